The minimum Gasteiger partial charge on any atom is -0.310 e. The number of nitrogens with zero attached hydrogens (tertiary/aromatic N) is 1. The summed E-state index contributed by atoms with van der Waals surface area (Å²) in [6.45, 7) is 6.63. The molecule has 1 aromatic rings. The Kier molecular flexibility index (Phi) is 5.37. The molecule has 1 atom stereocenters. The van der Waals surface area contributed by atoms with Gasteiger partial charge in [-0.1, -0.05) is 26.0 Å². The maximum absolute atomic E-state index is 12.3. The highest BCUT2D eigenvalue weighted by atomic mass is 32.2. The third kappa shape index (κ3) is 4.78. The summed E-state index contributed by atoms with van der Waals surface area (Å²) in [7, 11) is -1.41. The van der Waals surface area contributed by atoms with Crippen LogP contribution in [0, 0.1) is 0 Å². The topological polar surface area (TPSA) is 61.4 Å². The van der Waals surface area contributed by atoms with Gasteiger partial charge in [-0.3, -0.25) is 0 Å². The van der Waals surface area contributed by atoms with E-state index < -0.39 is 10.0 Å². The van der Waals surface area contributed by atoms with Gasteiger partial charge < -0.3 is 10.2 Å². The SMILES string of the molecule is CC(C)NCc1ccc(S(=O)(=O)NC2CCN(C)C2)cc1. The molecule has 1 aliphatic rings. The molecule has 1 aromatic carbocycles. The Labute approximate surface area is 127 Å². The second-order valence-corrected chi connectivity index (χ2v) is 7.76. The Morgan fingerprint density at radius 1 is 1.29 bits per heavy atom. The van der Waals surface area contributed by atoms with E-state index in [0.717, 1.165) is 31.6 Å². The molecule has 1 heterocycles. The van der Waals surface area contributed by atoms with Crippen molar-refractivity contribution < 1.29 is 8.42 Å². The molecule has 0 aliphatic carbocycles. The minimum atomic E-state index is -3.41. The van der Waals surface area contributed by atoms with Crippen LogP contribution in [0.4, 0.5) is 0 Å². The van der Waals surface area contributed by atoms with Crippen LogP contribution in [-0.2, 0) is 16.6 Å². The number of benzene rings is 1. The molecule has 6 heteroatoms. The monoisotopic (exact) mass is 311 g/mol. The molecule has 1 saturated heterocycles. The standard InChI is InChI=1S/C15H25N3O2S/c1-12(2)16-10-13-4-6-15(7-5-13)21(19,20)17-14-8-9-18(3)11-14/h4-7,12,14,16-17H,8-11H2,1-3H3. The van der Waals surface area contributed by atoms with Gasteiger partial charge in [0.15, 0.2) is 0 Å². The lowest BCUT2D eigenvalue weighted by Crippen LogP contribution is -2.36. The summed E-state index contributed by atoms with van der Waals surface area (Å²) in [5.74, 6) is 0. The number of hydrogen-bond donors (Lipinski definition) is 2. The molecule has 2 N–H and O–H groups in total. The molecule has 118 valence electrons. The average Bonchev–Trinajstić information content (AvgIpc) is 2.81. The molecular formula is C15H25N3O2S. The third-order valence-corrected chi connectivity index (χ3v) is 5.20. The molecule has 0 bridgehead atoms. The first-order valence-electron chi connectivity index (χ1n) is 7.40. The zero-order chi connectivity index (χ0) is 15.5. The van der Waals surface area contributed by atoms with Crippen molar-refractivity contribution in [3.63, 3.8) is 0 Å². The molecule has 0 saturated carbocycles. The highest BCUT2D eigenvalue weighted by molar-refractivity contribution is 7.89. The first kappa shape index (κ1) is 16.4. The summed E-state index contributed by atoms with van der Waals surface area (Å²) in [4.78, 5) is 2.47. The fourth-order valence-electron chi connectivity index (χ4n) is 2.43. The summed E-state index contributed by atoms with van der Waals surface area (Å²) in [5.41, 5.74) is 1.09. The predicted molar refractivity (Wildman–Crippen MR) is 84.6 cm³/mol. The minimum absolute atomic E-state index is 0.0160. The number of likely N-dealkylation sites (N-methyl/N-ethyl adjacent to an activating group) is 1. The second-order valence-electron chi connectivity index (χ2n) is 6.05. The summed E-state index contributed by atoms with van der Waals surface area (Å²) >= 11 is 0. The van der Waals surface area contributed by atoms with E-state index in [2.05, 4.69) is 28.8 Å². The van der Waals surface area contributed by atoms with Crippen LogP contribution in [0.3, 0.4) is 0 Å². The molecule has 1 unspecified atom stereocenters. The fraction of sp³-hybridized carbons (Fsp3) is 0.600. The Morgan fingerprint density at radius 2 is 1.95 bits per heavy atom. The van der Waals surface area contributed by atoms with E-state index in [0.29, 0.717) is 10.9 Å². The Bertz CT molecular complexity index is 555. The van der Waals surface area contributed by atoms with Crippen LogP contribution in [0.25, 0.3) is 0 Å². The molecule has 2 rings (SSSR count). The highest BCUT2D eigenvalue weighted by Gasteiger charge is 2.25. The lowest BCUT2D eigenvalue weighted by Gasteiger charge is -2.14. The van der Waals surface area contributed by atoms with Gasteiger partial charge in [-0.15, -0.1) is 0 Å². The molecule has 1 fully saturated rings. The van der Waals surface area contributed by atoms with Crippen LogP contribution in [0.5, 0.6) is 0 Å². The van der Waals surface area contributed by atoms with E-state index in [1.54, 1.807) is 12.1 Å². The second kappa shape index (κ2) is 6.87. The summed E-state index contributed by atoms with van der Waals surface area (Å²) in [6, 6.07) is 7.52. The van der Waals surface area contributed by atoms with E-state index in [4.69, 9.17) is 0 Å². The van der Waals surface area contributed by atoms with Crippen molar-refractivity contribution in [2.75, 3.05) is 20.1 Å². The van der Waals surface area contributed by atoms with E-state index in [1.165, 1.54) is 0 Å². The Morgan fingerprint density at radius 3 is 2.48 bits per heavy atom. The quantitative estimate of drug-likeness (QED) is 0.828. The molecule has 5 nitrogen and oxygen atoms in total. The van der Waals surface area contributed by atoms with Crippen molar-refractivity contribution in [2.45, 2.75) is 43.8 Å². The zero-order valence-electron chi connectivity index (χ0n) is 13.0. The van der Waals surface area contributed by atoms with Crippen molar-refractivity contribution in [2.24, 2.45) is 0 Å². The number of rotatable bonds is 6. The number of likely N-dealkylation sites (tertiary alicyclic amines) is 1. The number of nitrogens with one attached hydrogen (secondary N) is 2. The van der Waals surface area contributed by atoms with Crippen molar-refractivity contribution in [1.82, 2.24) is 14.9 Å². The largest absolute Gasteiger partial charge is 0.310 e. The molecule has 0 amide bonds. The van der Waals surface area contributed by atoms with Gasteiger partial charge in [0, 0.05) is 25.2 Å². The van der Waals surface area contributed by atoms with Gasteiger partial charge in [-0.2, -0.15) is 0 Å². The molecule has 21 heavy (non-hydrogen) atoms. The predicted octanol–water partition coefficient (Wildman–Crippen LogP) is 1.17. The zero-order valence-corrected chi connectivity index (χ0v) is 13.8. The maximum atomic E-state index is 12.3. The van der Waals surface area contributed by atoms with Gasteiger partial charge in [0.2, 0.25) is 10.0 Å². The van der Waals surface area contributed by atoms with Gasteiger partial charge in [-0.25, -0.2) is 13.1 Å². The van der Waals surface area contributed by atoms with E-state index >= 15 is 0 Å². The van der Waals surface area contributed by atoms with E-state index in [-0.39, 0.29) is 6.04 Å². The number of hydrogen-bond acceptors (Lipinski definition) is 4. The molecular weight excluding hydrogens is 286 g/mol. The van der Waals surface area contributed by atoms with E-state index in [1.807, 2.05) is 19.2 Å². The van der Waals surface area contributed by atoms with Crippen molar-refractivity contribution in [1.29, 1.82) is 0 Å². The van der Waals surface area contributed by atoms with Gasteiger partial charge in [-0.05, 0) is 37.7 Å². The smallest absolute Gasteiger partial charge is 0.240 e. The van der Waals surface area contributed by atoms with Crippen LogP contribution in [0.15, 0.2) is 29.2 Å². The van der Waals surface area contributed by atoms with E-state index in [9.17, 15) is 8.42 Å². The van der Waals surface area contributed by atoms with Gasteiger partial charge in [0.1, 0.15) is 0 Å². The first-order chi connectivity index (χ1) is 9.87. The third-order valence-electron chi connectivity index (χ3n) is 3.66. The first-order valence-corrected chi connectivity index (χ1v) is 8.88. The maximum Gasteiger partial charge on any atom is 0.240 e. The van der Waals surface area contributed by atoms with Crippen LogP contribution in [0.1, 0.15) is 25.8 Å². The molecule has 0 spiro atoms. The lowest BCUT2D eigenvalue weighted by atomic mass is 10.2. The molecule has 0 radical (unpaired) electrons. The Balaban J connectivity index is 1.99. The molecule has 1 aliphatic heterocycles. The molecule has 0 aromatic heterocycles. The van der Waals surface area contributed by atoms with Crippen molar-refractivity contribution >= 4 is 10.0 Å². The number of sulfonamides is 1. The average molecular weight is 311 g/mol. The van der Waals surface area contributed by atoms with Gasteiger partial charge >= 0.3 is 0 Å². The fourth-order valence-corrected chi connectivity index (χ4v) is 3.69. The highest BCUT2D eigenvalue weighted by Crippen LogP contribution is 2.14. The normalized spacial score (nSPS) is 20.3. The van der Waals surface area contributed by atoms with Crippen molar-refractivity contribution in [3.05, 3.63) is 29.8 Å². The van der Waals surface area contributed by atoms with Gasteiger partial charge in [0.05, 0.1) is 4.90 Å². The van der Waals surface area contributed by atoms with Crippen LogP contribution in [0.2, 0.25) is 0 Å². The van der Waals surface area contributed by atoms with Crippen molar-refractivity contribution in [3.8, 4) is 0 Å². The van der Waals surface area contributed by atoms with Crippen LogP contribution >= 0.6 is 0 Å². The Hall–Kier alpha value is -0.950. The van der Waals surface area contributed by atoms with Gasteiger partial charge in [0.25, 0.3) is 0 Å². The summed E-state index contributed by atoms with van der Waals surface area (Å²) in [6.07, 6.45) is 0.867. The van der Waals surface area contributed by atoms with Crippen LogP contribution in [-0.4, -0.2) is 45.5 Å². The summed E-state index contributed by atoms with van der Waals surface area (Å²) in [5, 5.41) is 3.31. The lowest BCUT2D eigenvalue weighted by molar-refractivity contribution is 0.407. The summed E-state index contributed by atoms with van der Waals surface area (Å²) < 4.78 is 27.4. The van der Waals surface area contributed by atoms with Crippen LogP contribution < -0.4 is 10.0 Å².